The number of ether oxygens (including phenoxy) is 1. The van der Waals surface area contributed by atoms with Crippen LogP contribution in [0.2, 0.25) is 0 Å². The number of rotatable bonds is 8. The van der Waals surface area contributed by atoms with Crippen molar-refractivity contribution in [3.63, 3.8) is 0 Å². The highest BCUT2D eigenvalue weighted by molar-refractivity contribution is 7.99. The molecule has 1 amide bonds. The van der Waals surface area contributed by atoms with Crippen molar-refractivity contribution in [3.05, 3.63) is 65.5 Å². The molecule has 0 spiro atoms. The predicted octanol–water partition coefficient (Wildman–Crippen LogP) is 5.08. The summed E-state index contributed by atoms with van der Waals surface area (Å²) in [6.45, 7) is 1.89. The lowest BCUT2D eigenvalue weighted by Gasteiger charge is -2.12. The van der Waals surface area contributed by atoms with Crippen LogP contribution in [0.25, 0.3) is 6.08 Å². The van der Waals surface area contributed by atoms with Crippen molar-refractivity contribution >= 4 is 29.7 Å². The Morgan fingerprint density at radius 3 is 2.40 bits per heavy atom. The average Bonchev–Trinajstić information content (AvgIpc) is 2.68. The fraction of sp³-hybridized carbons (Fsp3) is 0.238. The van der Waals surface area contributed by atoms with Crippen LogP contribution in [-0.4, -0.2) is 25.0 Å². The van der Waals surface area contributed by atoms with Gasteiger partial charge >= 0.3 is 12.1 Å². The van der Waals surface area contributed by atoms with E-state index in [0.717, 1.165) is 30.0 Å². The van der Waals surface area contributed by atoms with Crippen LogP contribution in [0, 0.1) is 5.82 Å². The second-order valence-electron chi connectivity index (χ2n) is 5.98. The molecule has 1 N–H and O–H groups in total. The number of carbonyl (C=O) groups excluding carboxylic acids is 2. The lowest BCUT2D eigenvalue weighted by molar-refractivity contribution is -0.143. The first-order valence-corrected chi connectivity index (χ1v) is 9.77. The SMILES string of the molecule is CCOC(=O)CCNC(=O)C=Cc1ccc(Sc2ccc(F)cc2)cc1C(F)(F)F. The topological polar surface area (TPSA) is 55.4 Å². The lowest BCUT2D eigenvalue weighted by Crippen LogP contribution is -2.24. The Morgan fingerprint density at radius 2 is 1.77 bits per heavy atom. The molecule has 0 saturated heterocycles. The number of halogens is 4. The molecule has 30 heavy (non-hydrogen) atoms. The molecular weight excluding hydrogens is 422 g/mol. The average molecular weight is 441 g/mol. The van der Waals surface area contributed by atoms with Gasteiger partial charge in [-0.25, -0.2) is 4.39 Å². The quantitative estimate of drug-likeness (QED) is 0.353. The third kappa shape index (κ3) is 7.55. The van der Waals surface area contributed by atoms with Gasteiger partial charge in [0.1, 0.15) is 5.82 Å². The number of alkyl halides is 3. The fourth-order valence-corrected chi connectivity index (χ4v) is 3.23. The van der Waals surface area contributed by atoms with E-state index in [9.17, 15) is 27.2 Å². The van der Waals surface area contributed by atoms with E-state index in [1.807, 2.05) is 0 Å². The number of nitrogens with one attached hydrogen (secondary N) is 1. The van der Waals surface area contributed by atoms with Crippen LogP contribution >= 0.6 is 11.8 Å². The van der Waals surface area contributed by atoms with E-state index < -0.39 is 29.4 Å². The Kier molecular flexibility index (Phi) is 8.46. The second-order valence-corrected chi connectivity index (χ2v) is 7.13. The molecule has 160 valence electrons. The number of esters is 1. The van der Waals surface area contributed by atoms with Gasteiger partial charge in [0.25, 0.3) is 0 Å². The smallest absolute Gasteiger partial charge is 0.417 e. The normalized spacial score (nSPS) is 11.5. The zero-order valence-corrected chi connectivity index (χ0v) is 16.8. The van der Waals surface area contributed by atoms with Crippen molar-refractivity contribution in [2.45, 2.75) is 29.3 Å². The summed E-state index contributed by atoms with van der Waals surface area (Å²) >= 11 is 1.06. The van der Waals surface area contributed by atoms with Gasteiger partial charge in [-0.3, -0.25) is 9.59 Å². The Labute approximate surface area is 175 Å². The van der Waals surface area contributed by atoms with Gasteiger partial charge in [-0.1, -0.05) is 17.8 Å². The van der Waals surface area contributed by atoms with Gasteiger partial charge in [0.15, 0.2) is 0 Å². The van der Waals surface area contributed by atoms with E-state index in [1.54, 1.807) is 6.92 Å². The van der Waals surface area contributed by atoms with Crippen LogP contribution in [0.15, 0.2) is 58.3 Å². The summed E-state index contributed by atoms with van der Waals surface area (Å²) in [5.41, 5.74) is -1.07. The molecule has 2 rings (SSSR count). The molecule has 0 heterocycles. The van der Waals surface area contributed by atoms with E-state index in [0.29, 0.717) is 9.79 Å². The fourth-order valence-electron chi connectivity index (χ4n) is 2.37. The molecule has 0 radical (unpaired) electrons. The largest absolute Gasteiger partial charge is 0.466 e. The molecule has 0 fully saturated rings. The highest BCUT2D eigenvalue weighted by Crippen LogP contribution is 2.37. The van der Waals surface area contributed by atoms with Gasteiger partial charge in [-0.15, -0.1) is 0 Å². The summed E-state index contributed by atoms with van der Waals surface area (Å²) < 4.78 is 58.1. The van der Waals surface area contributed by atoms with Gasteiger partial charge in [0, 0.05) is 22.4 Å². The minimum absolute atomic E-state index is 0.0153. The number of amides is 1. The van der Waals surface area contributed by atoms with Crippen LogP contribution in [0.1, 0.15) is 24.5 Å². The minimum Gasteiger partial charge on any atom is -0.466 e. The van der Waals surface area contributed by atoms with Crippen molar-refractivity contribution < 1.29 is 31.9 Å². The first-order valence-electron chi connectivity index (χ1n) is 8.95. The van der Waals surface area contributed by atoms with Crippen LogP contribution < -0.4 is 5.32 Å². The summed E-state index contributed by atoms with van der Waals surface area (Å²) in [7, 11) is 0. The molecule has 0 aliphatic carbocycles. The summed E-state index contributed by atoms with van der Waals surface area (Å²) in [6.07, 6.45) is -2.62. The van der Waals surface area contributed by atoms with E-state index >= 15 is 0 Å². The summed E-state index contributed by atoms with van der Waals surface area (Å²) in [5.74, 6) is -1.54. The molecule has 2 aromatic carbocycles. The molecule has 0 atom stereocenters. The van der Waals surface area contributed by atoms with E-state index in [1.165, 1.54) is 36.4 Å². The third-order valence-electron chi connectivity index (χ3n) is 3.73. The van der Waals surface area contributed by atoms with Gasteiger partial charge < -0.3 is 10.1 Å². The molecular formula is C21H19F4NO3S. The van der Waals surface area contributed by atoms with Crippen LogP contribution in [0.3, 0.4) is 0 Å². The lowest BCUT2D eigenvalue weighted by atomic mass is 10.1. The van der Waals surface area contributed by atoms with E-state index in [2.05, 4.69) is 5.32 Å². The standard InChI is InChI=1S/C21H19F4NO3S/c1-2-29-20(28)11-12-26-19(27)10-4-14-3-7-17(13-18(14)21(23,24)25)30-16-8-5-15(22)6-9-16/h3-10,13H,2,11-12H2,1H3,(H,26,27). The van der Waals surface area contributed by atoms with Crippen molar-refractivity contribution in [1.82, 2.24) is 5.32 Å². The number of hydrogen-bond acceptors (Lipinski definition) is 4. The monoisotopic (exact) mass is 441 g/mol. The zero-order valence-electron chi connectivity index (χ0n) is 16.0. The summed E-state index contributed by atoms with van der Waals surface area (Å²) in [5, 5.41) is 2.41. The van der Waals surface area contributed by atoms with Gasteiger partial charge in [0.05, 0.1) is 18.6 Å². The number of hydrogen-bond donors (Lipinski definition) is 1. The molecule has 0 unspecified atom stereocenters. The van der Waals surface area contributed by atoms with E-state index in [4.69, 9.17) is 4.74 Å². The van der Waals surface area contributed by atoms with Gasteiger partial charge in [0.2, 0.25) is 5.91 Å². The van der Waals surface area contributed by atoms with Crippen molar-refractivity contribution in [2.24, 2.45) is 0 Å². The van der Waals surface area contributed by atoms with Gasteiger partial charge in [-0.2, -0.15) is 13.2 Å². The first kappa shape index (κ1) is 23.5. The van der Waals surface area contributed by atoms with E-state index in [-0.39, 0.29) is 25.1 Å². The Morgan fingerprint density at radius 1 is 1.10 bits per heavy atom. The zero-order chi connectivity index (χ0) is 22.1. The number of benzene rings is 2. The third-order valence-corrected chi connectivity index (χ3v) is 4.72. The first-order chi connectivity index (χ1) is 14.2. The predicted molar refractivity (Wildman–Crippen MR) is 105 cm³/mol. The van der Waals surface area contributed by atoms with Crippen LogP contribution in [0.4, 0.5) is 17.6 Å². The number of carbonyl (C=O) groups is 2. The van der Waals surface area contributed by atoms with Crippen molar-refractivity contribution in [2.75, 3.05) is 13.2 Å². The molecule has 2 aromatic rings. The Balaban J connectivity index is 2.09. The maximum absolute atomic E-state index is 13.5. The molecule has 0 bridgehead atoms. The summed E-state index contributed by atoms with van der Waals surface area (Å²) in [4.78, 5) is 23.9. The molecule has 0 saturated carbocycles. The highest BCUT2D eigenvalue weighted by Gasteiger charge is 2.33. The highest BCUT2D eigenvalue weighted by atomic mass is 32.2. The molecule has 0 aliphatic rings. The maximum Gasteiger partial charge on any atom is 0.417 e. The molecule has 4 nitrogen and oxygen atoms in total. The maximum atomic E-state index is 13.5. The molecule has 0 aliphatic heterocycles. The van der Waals surface area contributed by atoms with Crippen molar-refractivity contribution in [3.8, 4) is 0 Å². The Hall–Kier alpha value is -2.81. The van der Waals surface area contributed by atoms with Crippen molar-refractivity contribution in [1.29, 1.82) is 0 Å². The molecule has 0 aromatic heterocycles. The Bertz CT molecular complexity index is 911. The van der Waals surface area contributed by atoms with Gasteiger partial charge in [-0.05, 0) is 55.0 Å². The molecule has 9 heteroatoms. The van der Waals surface area contributed by atoms with Crippen LogP contribution in [-0.2, 0) is 20.5 Å². The second kappa shape index (κ2) is 10.8. The van der Waals surface area contributed by atoms with Crippen LogP contribution in [0.5, 0.6) is 0 Å². The summed E-state index contributed by atoms with van der Waals surface area (Å²) in [6, 6.07) is 9.13. The minimum atomic E-state index is -4.63.